The Hall–Kier alpha value is -0.570. The molecule has 2 nitrogen and oxygen atoms in total. The molecule has 0 aromatic heterocycles. The molecule has 1 atom stereocenters. The number of rotatable bonds is 3. The van der Waals surface area contributed by atoms with Crippen LogP contribution in [-0.4, -0.2) is 24.5 Å². The van der Waals surface area contributed by atoms with Gasteiger partial charge < -0.3 is 5.73 Å². The normalized spacial score (nSPS) is 24.1. The molecule has 2 fully saturated rings. The third-order valence-corrected chi connectivity index (χ3v) is 5.94. The zero-order valence-electron chi connectivity index (χ0n) is 12.9. The first-order chi connectivity index (χ1) is 10.2. The highest BCUT2D eigenvalue weighted by atomic mass is 35.5. The molecule has 1 aliphatic heterocycles. The van der Waals surface area contributed by atoms with Crippen molar-refractivity contribution in [1.82, 2.24) is 4.90 Å². The Labute approximate surface area is 133 Å². The van der Waals surface area contributed by atoms with E-state index in [4.69, 9.17) is 17.3 Å². The van der Waals surface area contributed by atoms with E-state index in [0.717, 1.165) is 5.02 Å². The highest BCUT2D eigenvalue weighted by molar-refractivity contribution is 6.30. The van der Waals surface area contributed by atoms with Crippen LogP contribution in [0.3, 0.4) is 0 Å². The van der Waals surface area contributed by atoms with E-state index < -0.39 is 0 Å². The van der Waals surface area contributed by atoms with E-state index in [-0.39, 0.29) is 0 Å². The fourth-order valence-electron chi connectivity index (χ4n) is 4.29. The van der Waals surface area contributed by atoms with Crippen molar-refractivity contribution in [3.05, 3.63) is 34.9 Å². The number of nitrogens with two attached hydrogens (primary N) is 1. The summed E-state index contributed by atoms with van der Waals surface area (Å²) in [6.45, 7) is 3.09. The molecule has 2 aliphatic rings. The summed E-state index contributed by atoms with van der Waals surface area (Å²) in [5, 5.41) is 0.800. The van der Waals surface area contributed by atoms with Crippen LogP contribution in [0.2, 0.25) is 5.02 Å². The van der Waals surface area contributed by atoms with E-state index >= 15 is 0 Å². The topological polar surface area (TPSA) is 29.3 Å². The third-order valence-electron chi connectivity index (χ3n) is 5.69. The van der Waals surface area contributed by atoms with Crippen LogP contribution >= 0.6 is 11.6 Å². The molecule has 0 bridgehead atoms. The average Bonchev–Trinajstić information content (AvgIpc) is 2.53. The van der Waals surface area contributed by atoms with Crippen LogP contribution in [0, 0.1) is 5.41 Å². The molecule has 0 amide bonds. The molecule has 1 spiro atoms. The number of likely N-dealkylation sites (tertiary alicyclic amines) is 1. The second-order valence-electron chi connectivity index (χ2n) is 6.90. The molecule has 3 heteroatoms. The molecule has 1 unspecified atom stereocenters. The highest BCUT2D eigenvalue weighted by Gasteiger charge is 2.37. The Kier molecular flexibility index (Phi) is 4.88. The van der Waals surface area contributed by atoms with Gasteiger partial charge in [-0.05, 0) is 61.9 Å². The van der Waals surface area contributed by atoms with Crippen LogP contribution in [0.15, 0.2) is 24.3 Å². The standard InChI is InChI=1S/C18H27ClN2/c19-16-6-4-15(5-7-16)17(14-20)21-12-10-18(11-13-21)8-2-1-3-9-18/h4-7,17H,1-3,8-14,20H2. The minimum Gasteiger partial charge on any atom is -0.329 e. The van der Waals surface area contributed by atoms with E-state index in [1.807, 2.05) is 12.1 Å². The minimum atomic E-state index is 0.350. The highest BCUT2D eigenvalue weighted by Crippen LogP contribution is 2.45. The lowest BCUT2D eigenvalue weighted by molar-refractivity contribution is 0.0464. The number of halogens is 1. The van der Waals surface area contributed by atoms with Crippen molar-refractivity contribution < 1.29 is 0 Å². The largest absolute Gasteiger partial charge is 0.329 e. The van der Waals surface area contributed by atoms with Gasteiger partial charge in [0, 0.05) is 17.6 Å². The van der Waals surface area contributed by atoms with Gasteiger partial charge in [-0.15, -0.1) is 0 Å². The van der Waals surface area contributed by atoms with Gasteiger partial charge in [0.15, 0.2) is 0 Å². The molecule has 1 saturated carbocycles. The smallest absolute Gasteiger partial charge is 0.0470 e. The first kappa shape index (κ1) is 15.3. The summed E-state index contributed by atoms with van der Waals surface area (Å²) in [6.07, 6.45) is 9.95. The SMILES string of the molecule is NCC(c1ccc(Cl)cc1)N1CCC2(CCCCC2)CC1. The number of hydrogen-bond acceptors (Lipinski definition) is 2. The van der Waals surface area contributed by atoms with Crippen molar-refractivity contribution in [2.45, 2.75) is 51.0 Å². The maximum Gasteiger partial charge on any atom is 0.0470 e. The zero-order valence-corrected chi connectivity index (χ0v) is 13.6. The Bertz CT molecular complexity index is 441. The van der Waals surface area contributed by atoms with E-state index in [0.29, 0.717) is 18.0 Å². The molecular weight excluding hydrogens is 280 g/mol. The molecule has 21 heavy (non-hydrogen) atoms. The summed E-state index contributed by atoms with van der Waals surface area (Å²) in [6, 6.07) is 8.57. The molecule has 1 aromatic rings. The summed E-state index contributed by atoms with van der Waals surface area (Å²) in [5.41, 5.74) is 8.04. The van der Waals surface area contributed by atoms with Gasteiger partial charge in [-0.2, -0.15) is 0 Å². The van der Waals surface area contributed by atoms with E-state index in [2.05, 4.69) is 17.0 Å². The van der Waals surface area contributed by atoms with E-state index in [9.17, 15) is 0 Å². The van der Waals surface area contributed by atoms with Crippen LogP contribution in [0.25, 0.3) is 0 Å². The predicted molar refractivity (Wildman–Crippen MR) is 89.6 cm³/mol. The van der Waals surface area contributed by atoms with Crippen LogP contribution in [0.1, 0.15) is 56.6 Å². The Morgan fingerprint density at radius 3 is 2.19 bits per heavy atom. The second kappa shape index (κ2) is 6.68. The second-order valence-corrected chi connectivity index (χ2v) is 7.34. The summed E-state index contributed by atoms with van der Waals surface area (Å²) in [7, 11) is 0. The van der Waals surface area contributed by atoms with Gasteiger partial charge >= 0.3 is 0 Å². The van der Waals surface area contributed by atoms with Crippen molar-refractivity contribution in [2.75, 3.05) is 19.6 Å². The van der Waals surface area contributed by atoms with Gasteiger partial charge in [0.1, 0.15) is 0 Å². The van der Waals surface area contributed by atoms with Crippen molar-refractivity contribution in [3.63, 3.8) is 0 Å². The Morgan fingerprint density at radius 2 is 1.62 bits per heavy atom. The van der Waals surface area contributed by atoms with Gasteiger partial charge in [0.2, 0.25) is 0 Å². The molecule has 3 rings (SSSR count). The van der Waals surface area contributed by atoms with Crippen LogP contribution in [-0.2, 0) is 0 Å². The van der Waals surface area contributed by atoms with Crippen molar-refractivity contribution in [1.29, 1.82) is 0 Å². The van der Waals surface area contributed by atoms with Gasteiger partial charge in [-0.1, -0.05) is 43.0 Å². The zero-order chi connectivity index (χ0) is 14.7. The van der Waals surface area contributed by atoms with Gasteiger partial charge in [-0.3, -0.25) is 4.90 Å². The van der Waals surface area contributed by atoms with Crippen LogP contribution in [0.5, 0.6) is 0 Å². The summed E-state index contributed by atoms with van der Waals surface area (Å²) < 4.78 is 0. The fourth-order valence-corrected chi connectivity index (χ4v) is 4.42. The van der Waals surface area contributed by atoms with Crippen molar-refractivity contribution in [2.24, 2.45) is 11.1 Å². The summed E-state index contributed by atoms with van der Waals surface area (Å²) in [4.78, 5) is 2.59. The van der Waals surface area contributed by atoms with E-state index in [1.165, 1.54) is 63.6 Å². The molecule has 2 N–H and O–H groups in total. The molecule has 1 aromatic carbocycles. The minimum absolute atomic E-state index is 0.350. The van der Waals surface area contributed by atoms with Crippen molar-refractivity contribution >= 4 is 11.6 Å². The monoisotopic (exact) mass is 306 g/mol. The predicted octanol–water partition coefficient (Wildman–Crippen LogP) is 4.39. The Morgan fingerprint density at radius 1 is 1.00 bits per heavy atom. The van der Waals surface area contributed by atoms with Gasteiger partial charge in [-0.25, -0.2) is 0 Å². The molecule has 0 radical (unpaired) electrons. The number of benzene rings is 1. The van der Waals surface area contributed by atoms with Crippen molar-refractivity contribution in [3.8, 4) is 0 Å². The first-order valence-corrected chi connectivity index (χ1v) is 8.80. The van der Waals surface area contributed by atoms with Gasteiger partial charge in [0.05, 0.1) is 0 Å². The maximum atomic E-state index is 6.07. The van der Waals surface area contributed by atoms with Crippen LogP contribution in [0.4, 0.5) is 0 Å². The first-order valence-electron chi connectivity index (χ1n) is 8.42. The lowest BCUT2D eigenvalue weighted by Gasteiger charge is -2.46. The molecule has 1 saturated heterocycles. The lowest BCUT2D eigenvalue weighted by atomic mass is 9.68. The molecule has 116 valence electrons. The quantitative estimate of drug-likeness (QED) is 0.897. The average molecular weight is 307 g/mol. The summed E-state index contributed by atoms with van der Waals surface area (Å²) >= 11 is 6.00. The van der Waals surface area contributed by atoms with E-state index in [1.54, 1.807) is 0 Å². The number of piperidine rings is 1. The lowest BCUT2D eigenvalue weighted by Crippen LogP contribution is -2.44. The molecule has 1 aliphatic carbocycles. The molecular formula is C18H27ClN2. The van der Waals surface area contributed by atoms with Gasteiger partial charge in [0.25, 0.3) is 0 Å². The summed E-state index contributed by atoms with van der Waals surface area (Å²) in [5.74, 6) is 0. The number of hydrogen-bond donors (Lipinski definition) is 1. The Balaban J connectivity index is 1.65. The fraction of sp³-hybridized carbons (Fsp3) is 0.667. The third kappa shape index (κ3) is 3.44. The van der Waals surface area contributed by atoms with Crippen LogP contribution < -0.4 is 5.73 Å². The molecule has 1 heterocycles. The maximum absolute atomic E-state index is 6.07. The number of nitrogens with zero attached hydrogens (tertiary/aromatic N) is 1.